The van der Waals surface area contributed by atoms with Crippen molar-refractivity contribution >= 4 is 39.2 Å². The van der Waals surface area contributed by atoms with E-state index >= 15 is 0 Å². The monoisotopic (exact) mass is 509 g/mol. The zero-order chi connectivity index (χ0) is 26.4. The molecule has 1 fully saturated rings. The molecular weight excluding hydrogens is 478 g/mol. The maximum atomic E-state index is 12.5. The molecule has 1 amide bonds. The van der Waals surface area contributed by atoms with Crippen LogP contribution in [0, 0.1) is 5.41 Å². The number of nitrogens with one attached hydrogen (secondary N) is 3. The number of fused-ring (bicyclic) bond motifs is 2. The number of piperazine rings is 1. The van der Waals surface area contributed by atoms with Gasteiger partial charge < -0.3 is 20.1 Å². The summed E-state index contributed by atoms with van der Waals surface area (Å²) in [5.41, 5.74) is 6.24. The van der Waals surface area contributed by atoms with Crippen LogP contribution in [0.4, 0.5) is 11.4 Å². The third-order valence-electron chi connectivity index (χ3n) is 7.03. The first kappa shape index (κ1) is 24.1. The van der Waals surface area contributed by atoms with Gasteiger partial charge in [0.25, 0.3) is 0 Å². The number of H-pyrrole nitrogens is 2. The van der Waals surface area contributed by atoms with E-state index in [1.54, 1.807) is 18.6 Å². The molecule has 1 aliphatic heterocycles. The number of hydrogen-bond acceptors (Lipinski definition) is 7. The molecule has 5 aromatic rings. The number of carbonyl (C=O) groups excluding carboxylic acids is 1. The number of aromatic amines is 2. The molecule has 0 unspecified atom stereocenters. The highest BCUT2D eigenvalue weighted by Crippen LogP contribution is 2.34. The third-order valence-corrected chi connectivity index (χ3v) is 7.03. The van der Waals surface area contributed by atoms with Gasteiger partial charge in [-0.3, -0.25) is 19.9 Å². The molecule has 3 N–H and O–H groups in total. The number of hydrogen-bond donors (Lipinski definition) is 3. The molecule has 0 radical (unpaired) electrons. The van der Waals surface area contributed by atoms with Gasteiger partial charge in [0.15, 0.2) is 0 Å². The van der Waals surface area contributed by atoms with Crippen molar-refractivity contribution < 1.29 is 4.79 Å². The topological polar surface area (TPSA) is 119 Å². The number of rotatable bonds is 4. The van der Waals surface area contributed by atoms with E-state index in [0.717, 1.165) is 70.8 Å². The predicted octanol–water partition coefficient (Wildman–Crippen LogP) is 4.30. The van der Waals surface area contributed by atoms with Crippen LogP contribution in [0.15, 0.2) is 49.1 Å². The summed E-state index contributed by atoms with van der Waals surface area (Å²) in [6.07, 6.45) is 7.03. The second-order valence-electron chi connectivity index (χ2n) is 10.9. The van der Waals surface area contributed by atoms with Gasteiger partial charge >= 0.3 is 0 Å². The van der Waals surface area contributed by atoms with E-state index in [4.69, 9.17) is 0 Å². The molecule has 0 bridgehead atoms. The van der Waals surface area contributed by atoms with Gasteiger partial charge in [-0.25, -0.2) is 4.98 Å². The minimum absolute atomic E-state index is 0.0691. The fraction of sp³-hybridized carbons (Fsp3) is 0.321. The minimum atomic E-state index is -0.502. The zero-order valence-electron chi connectivity index (χ0n) is 22.0. The Balaban J connectivity index is 1.35. The standard InChI is InChI=1S/C28H31N9O/c1-28(2,3)27(38)32-18-11-17(14-29-15-18)21-12-19-23(16-31-21)34-35-25(19)22-13-20-24(5-6-30-26(20)33-22)37-9-7-36(4)8-10-37/h5-6,11-16H,7-10H2,1-4H3,(H,30,33)(H,32,38)(H,34,35). The van der Waals surface area contributed by atoms with E-state index < -0.39 is 5.41 Å². The Morgan fingerprint density at radius 3 is 2.61 bits per heavy atom. The van der Waals surface area contributed by atoms with Gasteiger partial charge in [-0.1, -0.05) is 20.8 Å². The van der Waals surface area contributed by atoms with E-state index in [-0.39, 0.29) is 5.91 Å². The van der Waals surface area contributed by atoms with Crippen molar-refractivity contribution in [1.82, 2.24) is 35.0 Å². The third kappa shape index (κ3) is 4.47. The molecule has 194 valence electrons. The number of nitrogens with zero attached hydrogens (tertiary/aromatic N) is 6. The van der Waals surface area contributed by atoms with Gasteiger partial charge in [-0.15, -0.1) is 0 Å². The lowest BCUT2D eigenvalue weighted by molar-refractivity contribution is -0.123. The average Bonchev–Trinajstić information content (AvgIpc) is 3.52. The summed E-state index contributed by atoms with van der Waals surface area (Å²) in [6.45, 7) is 9.68. The molecule has 38 heavy (non-hydrogen) atoms. The van der Waals surface area contributed by atoms with Crippen molar-refractivity contribution in [3.05, 3.63) is 49.1 Å². The van der Waals surface area contributed by atoms with Crippen LogP contribution in [0.5, 0.6) is 0 Å². The first-order valence-corrected chi connectivity index (χ1v) is 12.8. The maximum absolute atomic E-state index is 12.5. The summed E-state index contributed by atoms with van der Waals surface area (Å²) < 4.78 is 0. The molecule has 1 saturated heterocycles. The lowest BCUT2D eigenvalue weighted by Crippen LogP contribution is -2.44. The van der Waals surface area contributed by atoms with Crippen LogP contribution in [0.2, 0.25) is 0 Å². The predicted molar refractivity (Wildman–Crippen MR) is 150 cm³/mol. The molecule has 10 heteroatoms. The Morgan fingerprint density at radius 2 is 1.82 bits per heavy atom. The van der Waals surface area contributed by atoms with Crippen LogP contribution in [-0.4, -0.2) is 74.2 Å². The van der Waals surface area contributed by atoms with Gasteiger partial charge in [-0.05, 0) is 31.3 Å². The van der Waals surface area contributed by atoms with Gasteiger partial charge in [0.05, 0.1) is 35.0 Å². The highest BCUT2D eigenvalue weighted by atomic mass is 16.2. The molecule has 1 aliphatic rings. The zero-order valence-corrected chi connectivity index (χ0v) is 22.0. The fourth-order valence-corrected chi connectivity index (χ4v) is 4.71. The molecule has 0 aromatic carbocycles. The highest BCUT2D eigenvalue weighted by Gasteiger charge is 2.22. The maximum Gasteiger partial charge on any atom is 0.229 e. The first-order valence-electron chi connectivity index (χ1n) is 12.8. The number of aromatic nitrogens is 6. The number of amides is 1. The molecule has 6 rings (SSSR count). The molecular formula is C28H31N9O. The molecule has 5 aromatic heterocycles. The van der Waals surface area contributed by atoms with Gasteiger partial charge in [0, 0.05) is 66.0 Å². The van der Waals surface area contributed by atoms with Crippen molar-refractivity contribution in [3.63, 3.8) is 0 Å². The van der Waals surface area contributed by atoms with E-state index in [9.17, 15) is 4.79 Å². The Bertz CT molecular complexity index is 1640. The van der Waals surface area contributed by atoms with E-state index in [1.165, 1.54) is 5.69 Å². The van der Waals surface area contributed by atoms with Crippen LogP contribution >= 0.6 is 0 Å². The largest absolute Gasteiger partial charge is 0.368 e. The van der Waals surface area contributed by atoms with Crippen molar-refractivity contribution in [2.75, 3.05) is 43.4 Å². The molecule has 6 heterocycles. The van der Waals surface area contributed by atoms with Gasteiger partial charge in [0.1, 0.15) is 11.3 Å². The summed E-state index contributed by atoms with van der Waals surface area (Å²) in [6, 6.07) is 8.12. The van der Waals surface area contributed by atoms with Gasteiger partial charge in [-0.2, -0.15) is 5.10 Å². The summed E-state index contributed by atoms with van der Waals surface area (Å²) in [7, 11) is 2.16. The normalized spacial score (nSPS) is 14.9. The second-order valence-corrected chi connectivity index (χ2v) is 10.9. The molecule has 0 saturated carbocycles. The summed E-state index contributed by atoms with van der Waals surface area (Å²) >= 11 is 0. The first-order chi connectivity index (χ1) is 18.3. The van der Waals surface area contributed by atoms with Gasteiger partial charge in [0.2, 0.25) is 5.91 Å². The SMILES string of the molecule is CN1CCN(c2ccnc3[nH]c(-c4n[nH]c5cnc(-c6cncc(NC(=O)C(C)(C)C)c6)cc45)cc23)CC1. The van der Waals surface area contributed by atoms with Crippen LogP contribution < -0.4 is 10.2 Å². The summed E-state index contributed by atoms with van der Waals surface area (Å²) in [4.78, 5) is 34.2. The number of carbonyl (C=O) groups is 1. The van der Waals surface area contributed by atoms with Crippen molar-refractivity contribution in [1.29, 1.82) is 0 Å². The summed E-state index contributed by atoms with van der Waals surface area (Å²) in [5.74, 6) is -0.0691. The lowest BCUT2D eigenvalue weighted by atomic mass is 9.95. The van der Waals surface area contributed by atoms with E-state index in [0.29, 0.717) is 5.69 Å². The van der Waals surface area contributed by atoms with Crippen molar-refractivity contribution in [2.24, 2.45) is 5.41 Å². The van der Waals surface area contributed by atoms with Crippen molar-refractivity contribution in [2.45, 2.75) is 20.8 Å². The lowest BCUT2D eigenvalue weighted by Gasteiger charge is -2.34. The average molecular weight is 510 g/mol. The molecule has 0 atom stereocenters. The van der Waals surface area contributed by atoms with Crippen LogP contribution in [-0.2, 0) is 4.79 Å². The quantitative estimate of drug-likeness (QED) is 0.330. The Morgan fingerprint density at radius 1 is 1.00 bits per heavy atom. The number of anilines is 2. The fourth-order valence-electron chi connectivity index (χ4n) is 4.71. The second kappa shape index (κ2) is 9.21. The Labute approximate surface area is 220 Å². The Kier molecular flexibility index (Phi) is 5.83. The molecule has 10 nitrogen and oxygen atoms in total. The van der Waals surface area contributed by atoms with Crippen molar-refractivity contribution in [3.8, 4) is 22.6 Å². The van der Waals surface area contributed by atoms with E-state index in [2.05, 4.69) is 64.4 Å². The Hall–Kier alpha value is -4.31. The van der Waals surface area contributed by atoms with Crippen LogP contribution in [0.3, 0.4) is 0 Å². The number of likely N-dealkylation sites (N-methyl/N-ethyl adjacent to an activating group) is 1. The number of pyridine rings is 3. The highest BCUT2D eigenvalue weighted by molar-refractivity contribution is 5.99. The molecule has 0 aliphatic carbocycles. The minimum Gasteiger partial charge on any atom is -0.368 e. The summed E-state index contributed by atoms with van der Waals surface area (Å²) in [5, 5.41) is 12.7. The smallest absolute Gasteiger partial charge is 0.229 e. The van der Waals surface area contributed by atoms with Crippen LogP contribution in [0.1, 0.15) is 20.8 Å². The van der Waals surface area contributed by atoms with Crippen LogP contribution in [0.25, 0.3) is 44.6 Å². The van der Waals surface area contributed by atoms with E-state index in [1.807, 2.05) is 39.1 Å². The molecule has 0 spiro atoms.